The lowest BCUT2D eigenvalue weighted by atomic mass is 10.0. The maximum atomic E-state index is 12.8. The van der Waals surface area contributed by atoms with Crippen molar-refractivity contribution in [1.82, 2.24) is 10.2 Å². The largest absolute Gasteiger partial charge is 0.378 e. The molecule has 1 aliphatic rings. The Kier molecular flexibility index (Phi) is 8.29. The molecule has 1 aromatic rings. The zero-order valence-electron chi connectivity index (χ0n) is 17.2. The smallest absolute Gasteiger partial charge is 0.245 e. The average Bonchev–Trinajstić information content (AvgIpc) is 2.64. The van der Waals surface area contributed by atoms with Crippen LogP contribution in [0.2, 0.25) is 0 Å². The minimum atomic E-state index is -0.433. The van der Waals surface area contributed by atoms with E-state index in [-0.39, 0.29) is 11.8 Å². The highest BCUT2D eigenvalue weighted by Crippen LogP contribution is 2.13. The van der Waals surface area contributed by atoms with Crippen molar-refractivity contribution < 1.29 is 14.3 Å². The molecule has 1 aromatic carbocycles. The summed E-state index contributed by atoms with van der Waals surface area (Å²) in [4.78, 5) is 27.0. The Hall–Kier alpha value is -1.88. The fourth-order valence-electron chi connectivity index (χ4n) is 3.38. The van der Waals surface area contributed by atoms with E-state index >= 15 is 0 Å². The molecule has 0 bridgehead atoms. The summed E-state index contributed by atoms with van der Waals surface area (Å²) in [7, 11) is 0. The number of rotatable bonds is 8. The molecule has 2 rings (SSSR count). The summed E-state index contributed by atoms with van der Waals surface area (Å²) in [6.07, 6.45) is 2.77. The van der Waals surface area contributed by atoms with E-state index in [1.807, 2.05) is 4.90 Å². The molecule has 1 fully saturated rings. The van der Waals surface area contributed by atoms with Crippen molar-refractivity contribution >= 4 is 11.8 Å². The highest BCUT2D eigenvalue weighted by molar-refractivity contribution is 5.87. The fourth-order valence-corrected chi connectivity index (χ4v) is 3.38. The second kappa shape index (κ2) is 10.5. The summed E-state index contributed by atoms with van der Waals surface area (Å²) in [5, 5.41) is 2.98. The lowest BCUT2D eigenvalue weighted by Crippen LogP contribution is -2.52. The molecular weight excluding hydrogens is 340 g/mol. The summed E-state index contributed by atoms with van der Waals surface area (Å²) in [6.45, 7) is 10.7. The molecule has 1 atom stereocenters. The number of benzene rings is 1. The van der Waals surface area contributed by atoms with Gasteiger partial charge in [0.05, 0.1) is 13.2 Å². The first-order valence-corrected chi connectivity index (χ1v) is 10.1. The van der Waals surface area contributed by atoms with Crippen molar-refractivity contribution in [3.8, 4) is 0 Å². The highest BCUT2D eigenvalue weighted by atomic mass is 16.5. The number of carbonyl (C=O) groups excluding carboxylic acids is 2. The van der Waals surface area contributed by atoms with Crippen molar-refractivity contribution in [2.45, 2.75) is 59.4 Å². The number of nitrogens with zero attached hydrogens (tertiary/aromatic N) is 1. The lowest BCUT2D eigenvalue weighted by molar-refractivity contribution is -0.140. The molecule has 0 spiro atoms. The molecule has 5 nitrogen and oxygen atoms in total. The van der Waals surface area contributed by atoms with Crippen molar-refractivity contribution in [3.05, 3.63) is 34.9 Å². The van der Waals surface area contributed by atoms with Crippen LogP contribution in [0.4, 0.5) is 0 Å². The summed E-state index contributed by atoms with van der Waals surface area (Å²) >= 11 is 0. The predicted molar refractivity (Wildman–Crippen MR) is 108 cm³/mol. The van der Waals surface area contributed by atoms with E-state index in [9.17, 15) is 9.59 Å². The van der Waals surface area contributed by atoms with Crippen LogP contribution >= 0.6 is 0 Å². The third kappa shape index (κ3) is 6.98. The van der Waals surface area contributed by atoms with Gasteiger partial charge in [-0.25, -0.2) is 0 Å². The standard InChI is InChI=1S/C22H34N2O3/c1-16(2)14-20(22(26)24-10-12-27-13-11-24)23-21(25)7-5-6-19-9-8-17(3)18(4)15-19/h8-9,15-16,20H,5-7,10-14H2,1-4H3,(H,23,25). The lowest BCUT2D eigenvalue weighted by Gasteiger charge is -2.31. The normalized spacial score (nSPS) is 15.7. The Labute approximate surface area is 163 Å². The van der Waals surface area contributed by atoms with E-state index in [0.29, 0.717) is 45.1 Å². The van der Waals surface area contributed by atoms with Crippen molar-refractivity contribution in [2.75, 3.05) is 26.3 Å². The van der Waals surface area contributed by atoms with Crippen LogP contribution in [-0.4, -0.2) is 49.1 Å². The van der Waals surface area contributed by atoms with Crippen molar-refractivity contribution in [2.24, 2.45) is 5.92 Å². The quantitative estimate of drug-likeness (QED) is 0.761. The molecule has 1 heterocycles. The van der Waals surface area contributed by atoms with E-state index < -0.39 is 6.04 Å². The molecule has 150 valence electrons. The van der Waals surface area contributed by atoms with E-state index in [1.165, 1.54) is 16.7 Å². The number of hydrogen-bond acceptors (Lipinski definition) is 3. The third-order valence-corrected chi connectivity index (χ3v) is 5.10. The summed E-state index contributed by atoms with van der Waals surface area (Å²) < 4.78 is 5.32. The van der Waals surface area contributed by atoms with Gasteiger partial charge in [-0.2, -0.15) is 0 Å². The number of ether oxygens (including phenoxy) is 1. The molecule has 27 heavy (non-hydrogen) atoms. The van der Waals surface area contributed by atoms with Crippen LogP contribution in [0.3, 0.4) is 0 Å². The molecule has 0 aromatic heterocycles. The van der Waals surface area contributed by atoms with Crippen LogP contribution in [0.15, 0.2) is 18.2 Å². The summed E-state index contributed by atoms with van der Waals surface area (Å²) in [5.74, 6) is 0.330. The topological polar surface area (TPSA) is 58.6 Å². The first kappa shape index (κ1) is 21.4. The molecule has 5 heteroatoms. The van der Waals surface area contributed by atoms with Crippen LogP contribution in [-0.2, 0) is 20.7 Å². The van der Waals surface area contributed by atoms with Gasteiger partial charge in [-0.05, 0) is 55.7 Å². The van der Waals surface area contributed by atoms with Gasteiger partial charge in [-0.15, -0.1) is 0 Å². The van der Waals surface area contributed by atoms with E-state index in [1.54, 1.807) is 0 Å². The van der Waals surface area contributed by atoms with Gasteiger partial charge in [0, 0.05) is 19.5 Å². The first-order chi connectivity index (χ1) is 12.9. The number of aryl methyl sites for hydroxylation is 3. The SMILES string of the molecule is Cc1ccc(CCCC(=O)NC(CC(C)C)C(=O)N2CCOCC2)cc1C. The van der Waals surface area contributed by atoms with Gasteiger partial charge in [0.25, 0.3) is 0 Å². The Morgan fingerprint density at radius 2 is 1.85 bits per heavy atom. The minimum absolute atomic E-state index is 0.0227. The fraction of sp³-hybridized carbons (Fsp3) is 0.636. The molecular formula is C22H34N2O3. The van der Waals surface area contributed by atoms with Gasteiger partial charge in [-0.3, -0.25) is 9.59 Å². The van der Waals surface area contributed by atoms with Crippen LogP contribution in [0.5, 0.6) is 0 Å². The van der Waals surface area contributed by atoms with Crippen LogP contribution in [0.1, 0.15) is 49.8 Å². The van der Waals surface area contributed by atoms with Crippen molar-refractivity contribution in [1.29, 1.82) is 0 Å². The second-order valence-corrected chi connectivity index (χ2v) is 7.96. The number of morpholine rings is 1. The van der Waals surface area contributed by atoms with Crippen molar-refractivity contribution in [3.63, 3.8) is 0 Å². The van der Waals surface area contributed by atoms with Gasteiger partial charge >= 0.3 is 0 Å². The molecule has 0 aliphatic carbocycles. The third-order valence-electron chi connectivity index (χ3n) is 5.10. The zero-order chi connectivity index (χ0) is 19.8. The molecule has 1 N–H and O–H groups in total. The molecule has 1 aliphatic heterocycles. The first-order valence-electron chi connectivity index (χ1n) is 10.1. The van der Waals surface area contributed by atoms with Crippen LogP contribution < -0.4 is 5.32 Å². The van der Waals surface area contributed by atoms with E-state index in [2.05, 4.69) is 51.2 Å². The van der Waals surface area contributed by atoms with E-state index in [4.69, 9.17) is 4.74 Å². The number of amides is 2. The summed E-state index contributed by atoms with van der Waals surface area (Å²) in [6, 6.07) is 6.02. The van der Waals surface area contributed by atoms with E-state index in [0.717, 1.165) is 12.8 Å². The average molecular weight is 375 g/mol. The zero-order valence-corrected chi connectivity index (χ0v) is 17.2. The van der Waals surface area contributed by atoms with Crippen LogP contribution in [0, 0.1) is 19.8 Å². The maximum Gasteiger partial charge on any atom is 0.245 e. The van der Waals surface area contributed by atoms with Gasteiger partial charge < -0.3 is 15.0 Å². The molecule has 1 saturated heterocycles. The number of nitrogens with one attached hydrogen (secondary N) is 1. The van der Waals surface area contributed by atoms with Gasteiger partial charge in [0.15, 0.2) is 0 Å². The number of carbonyl (C=O) groups is 2. The molecule has 1 unspecified atom stereocenters. The van der Waals surface area contributed by atoms with Gasteiger partial charge in [0.2, 0.25) is 11.8 Å². The Bertz CT molecular complexity index is 636. The van der Waals surface area contributed by atoms with Gasteiger partial charge in [0.1, 0.15) is 6.04 Å². The minimum Gasteiger partial charge on any atom is -0.378 e. The summed E-state index contributed by atoms with van der Waals surface area (Å²) in [5.41, 5.74) is 3.83. The highest BCUT2D eigenvalue weighted by Gasteiger charge is 2.27. The molecule has 0 saturated carbocycles. The Balaban J connectivity index is 1.84. The number of hydrogen-bond donors (Lipinski definition) is 1. The maximum absolute atomic E-state index is 12.8. The van der Waals surface area contributed by atoms with Gasteiger partial charge in [-0.1, -0.05) is 32.0 Å². The second-order valence-electron chi connectivity index (χ2n) is 7.96. The predicted octanol–water partition coefficient (Wildman–Crippen LogP) is 3.02. The van der Waals surface area contributed by atoms with Crippen LogP contribution in [0.25, 0.3) is 0 Å². The Morgan fingerprint density at radius 3 is 2.48 bits per heavy atom. The monoisotopic (exact) mass is 374 g/mol. The molecule has 0 radical (unpaired) electrons. The molecule has 2 amide bonds. The Morgan fingerprint density at radius 1 is 1.15 bits per heavy atom.